The third-order valence-corrected chi connectivity index (χ3v) is 3.23. The Hall–Kier alpha value is -2.61. The molecule has 0 saturated heterocycles. The number of aromatic nitrogens is 3. The van der Waals surface area contributed by atoms with Crippen LogP contribution < -0.4 is 5.32 Å². The van der Waals surface area contributed by atoms with E-state index < -0.39 is 0 Å². The number of hydrogen-bond acceptors (Lipinski definition) is 7. The summed E-state index contributed by atoms with van der Waals surface area (Å²) in [4.78, 5) is 15.7. The molecule has 0 spiro atoms. The van der Waals surface area contributed by atoms with E-state index in [9.17, 15) is 4.79 Å². The minimum absolute atomic E-state index is 0.161. The van der Waals surface area contributed by atoms with Crippen molar-refractivity contribution < 1.29 is 13.6 Å². The van der Waals surface area contributed by atoms with Crippen molar-refractivity contribution in [1.29, 1.82) is 0 Å². The van der Waals surface area contributed by atoms with Crippen molar-refractivity contribution in [3.8, 4) is 11.7 Å². The monoisotopic (exact) mass is 302 g/mol. The third kappa shape index (κ3) is 3.48. The van der Waals surface area contributed by atoms with E-state index in [0.29, 0.717) is 16.7 Å². The fraction of sp³-hybridized carbons (Fsp3) is 0.0769. The maximum Gasteiger partial charge on any atom is 0.284 e. The maximum absolute atomic E-state index is 11.8. The average Bonchev–Trinajstić information content (AvgIpc) is 3.17. The number of pyridine rings is 1. The van der Waals surface area contributed by atoms with E-state index in [1.807, 2.05) is 0 Å². The molecule has 0 aliphatic rings. The number of thioether (sulfide) groups is 1. The van der Waals surface area contributed by atoms with E-state index in [1.54, 1.807) is 36.7 Å². The number of hydrogen-bond donors (Lipinski definition) is 1. The van der Waals surface area contributed by atoms with Gasteiger partial charge in [0.15, 0.2) is 5.76 Å². The number of anilines is 1. The smallest absolute Gasteiger partial charge is 0.284 e. The molecule has 3 heterocycles. The highest BCUT2D eigenvalue weighted by Gasteiger charge is 2.12. The van der Waals surface area contributed by atoms with Gasteiger partial charge in [-0.1, -0.05) is 11.8 Å². The van der Waals surface area contributed by atoms with Gasteiger partial charge in [-0.05, 0) is 24.3 Å². The van der Waals surface area contributed by atoms with Crippen LogP contribution in [0.5, 0.6) is 0 Å². The van der Waals surface area contributed by atoms with Crippen molar-refractivity contribution >= 4 is 23.4 Å². The Morgan fingerprint density at radius 1 is 1.29 bits per heavy atom. The van der Waals surface area contributed by atoms with Gasteiger partial charge in [-0.2, -0.15) is 0 Å². The summed E-state index contributed by atoms with van der Waals surface area (Å²) in [5, 5.41) is 10.7. The quantitative estimate of drug-likeness (QED) is 0.723. The number of furan rings is 1. The topological polar surface area (TPSA) is 94.0 Å². The lowest BCUT2D eigenvalue weighted by Crippen LogP contribution is -2.13. The summed E-state index contributed by atoms with van der Waals surface area (Å²) in [6, 6.07) is 6.96. The number of carbonyl (C=O) groups is 1. The molecule has 8 heteroatoms. The molecule has 1 N–H and O–H groups in total. The number of nitrogens with zero attached hydrogens (tertiary/aromatic N) is 3. The van der Waals surface area contributed by atoms with Crippen LogP contribution in [0.25, 0.3) is 11.7 Å². The second kappa shape index (κ2) is 6.23. The van der Waals surface area contributed by atoms with Crippen molar-refractivity contribution in [3.63, 3.8) is 0 Å². The molecule has 0 radical (unpaired) electrons. The van der Waals surface area contributed by atoms with Gasteiger partial charge in [0.25, 0.3) is 11.1 Å². The fourth-order valence-corrected chi connectivity index (χ4v) is 2.09. The van der Waals surface area contributed by atoms with E-state index in [2.05, 4.69) is 20.5 Å². The van der Waals surface area contributed by atoms with Crippen molar-refractivity contribution in [3.05, 3.63) is 42.9 Å². The van der Waals surface area contributed by atoms with Gasteiger partial charge < -0.3 is 14.2 Å². The summed E-state index contributed by atoms with van der Waals surface area (Å²) in [6.45, 7) is 0. The molecule has 0 aliphatic carbocycles. The molecule has 1 amide bonds. The zero-order valence-corrected chi connectivity index (χ0v) is 11.5. The summed E-state index contributed by atoms with van der Waals surface area (Å²) in [5.41, 5.74) is 0.643. The minimum atomic E-state index is -0.175. The molecule has 0 unspecified atom stereocenters. The molecule has 0 saturated carbocycles. The van der Waals surface area contributed by atoms with Crippen LogP contribution in [0.3, 0.4) is 0 Å². The highest BCUT2D eigenvalue weighted by Crippen LogP contribution is 2.23. The highest BCUT2D eigenvalue weighted by atomic mass is 32.2. The predicted molar refractivity (Wildman–Crippen MR) is 75.6 cm³/mol. The summed E-state index contributed by atoms with van der Waals surface area (Å²) in [6.07, 6.45) is 4.73. The molecular formula is C13H10N4O3S. The SMILES string of the molecule is O=C(CSc1nnc(-c2ccco2)o1)Nc1cccnc1. The van der Waals surface area contributed by atoms with Crippen LogP contribution in [0.15, 0.2) is 57.0 Å². The molecule has 3 rings (SSSR count). The predicted octanol–water partition coefficient (Wildman–Crippen LogP) is 2.46. The molecule has 0 fully saturated rings. The van der Waals surface area contributed by atoms with Crippen LogP contribution in [-0.4, -0.2) is 26.8 Å². The number of amides is 1. The van der Waals surface area contributed by atoms with Crippen molar-refractivity contribution in [2.24, 2.45) is 0 Å². The Balaban J connectivity index is 1.54. The molecule has 0 aromatic carbocycles. The molecule has 0 atom stereocenters. The van der Waals surface area contributed by atoms with Crippen molar-refractivity contribution in [2.75, 3.05) is 11.1 Å². The lowest BCUT2D eigenvalue weighted by Gasteiger charge is -2.02. The van der Waals surface area contributed by atoms with E-state index in [4.69, 9.17) is 8.83 Å². The summed E-state index contributed by atoms with van der Waals surface area (Å²) < 4.78 is 10.5. The van der Waals surface area contributed by atoms with E-state index >= 15 is 0 Å². The van der Waals surface area contributed by atoms with Gasteiger partial charge in [-0.15, -0.1) is 10.2 Å². The van der Waals surface area contributed by atoms with Crippen LogP contribution in [0.4, 0.5) is 5.69 Å². The standard InChI is InChI=1S/C13H10N4O3S/c18-11(15-9-3-1-5-14-7-9)8-21-13-17-16-12(20-13)10-4-2-6-19-10/h1-7H,8H2,(H,15,18). The molecule has 7 nitrogen and oxygen atoms in total. The van der Waals surface area contributed by atoms with E-state index in [0.717, 1.165) is 11.8 Å². The summed E-state index contributed by atoms with van der Waals surface area (Å²) in [7, 11) is 0. The van der Waals surface area contributed by atoms with Crippen LogP contribution >= 0.6 is 11.8 Å². The summed E-state index contributed by atoms with van der Waals surface area (Å²) in [5.74, 6) is 0.768. The first kappa shape index (κ1) is 13.4. The molecular weight excluding hydrogens is 292 g/mol. The lowest BCUT2D eigenvalue weighted by molar-refractivity contribution is -0.113. The fourth-order valence-electron chi connectivity index (χ4n) is 1.53. The van der Waals surface area contributed by atoms with Crippen LogP contribution in [0.2, 0.25) is 0 Å². The Kier molecular flexibility index (Phi) is 3.97. The largest absolute Gasteiger partial charge is 0.459 e. The van der Waals surface area contributed by atoms with Gasteiger partial charge in [0.2, 0.25) is 5.91 Å². The Morgan fingerprint density at radius 3 is 3.00 bits per heavy atom. The molecule has 106 valence electrons. The van der Waals surface area contributed by atoms with Gasteiger partial charge in [-0.25, -0.2) is 0 Å². The van der Waals surface area contributed by atoms with Gasteiger partial charge in [-0.3, -0.25) is 9.78 Å². The average molecular weight is 302 g/mol. The normalized spacial score (nSPS) is 10.5. The van der Waals surface area contributed by atoms with Gasteiger partial charge in [0, 0.05) is 6.20 Å². The molecule has 0 bridgehead atoms. The van der Waals surface area contributed by atoms with Crippen molar-refractivity contribution in [2.45, 2.75) is 5.22 Å². The van der Waals surface area contributed by atoms with Crippen LogP contribution in [0, 0.1) is 0 Å². The third-order valence-electron chi connectivity index (χ3n) is 2.41. The highest BCUT2D eigenvalue weighted by molar-refractivity contribution is 7.99. The van der Waals surface area contributed by atoms with Crippen LogP contribution in [0.1, 0.15) is 0 Å². The number of carbonyl (C=O) groups excluding carboxylic acids is 1. The molecule has 3 aromatic heterocycles. The first-order chi connectivity index (χ1) is 10.3. The van der Waals surface area contributed by atoms with Crippen LogP contribution in [-0.2, 0) is 4.79 Å². The molecule has 3 aromatic rings. The first-order valence-electron chi connectivity index (χ1n) is 6.01. The lowest BCUT2D eigenvalue weighted by atomic mass is 10.4. The first-order valence-corrected chi connectivity index (χ1v) is 7.00. The Bertz CT molecular complexity index is 712. The zero-order valence-electron chi connectivity index (χ0n) is 10.7. The van der Waals surface area contributed by atoms with Gasteiger partial charge in [0.05, 0.1) is 23.9 Å². The number of rotatable bonds is 5. The second-order valence-corrected chi connectivity index (χ2v) is 4.86. The number of nitrogens with one attached hydrogen (secondary N) is 1. The Morgan fingerprint density at radius 2 is 2.24 bits per heavy atom. The van der Waals surface area contributed by atoms with E-state index in [-0.39, 0.29) is 17.6 Å². The van der Waals surface area contributed by atoms with Gasteiger partial charge in [0.1, 0.15) is 0 Å². The second-order valence-electron chi connectivity index (χ2n) is 3.93. The zero-order chi connectivity index (χ0) is 14.5. The minimum Gasteiger partial charge on any atom is -0.459 e. The maximum atomic E-state index is 11.8. The summed E-state index contributed by atoms with van der Waals surface area (Å²) >= 11 is 1.15. The molecule has 0 aliphatic heterocycles. The van der Waals surface area contributed by atoms with Crippen molar-refractivity contribution in [1.82, 2.24) is 15.2 Å². The molecule has 21 heavy (non-hydrogen) atoms. The van der Waals surface area contributed by atoms with Gasteiger partial charge >= 0.3 is 0 Å². The van der Waals surface area contributed by atoms with E-state index in [1.165, 1.54) is 6.26 Å². The Labute approximate surface area is 123 Å².